The summed E-state index contributed by atoms with van der Waals surface area (Å²) in [4.78, 5) is 11.9. The highest BCUT2D eigenvalue weighted by molar-refractivity contribution is 7.16. The number of nitrogen functional groups attached to an aromatic ring is 1. The number of rotatable bonds is 2. The van der Waals surface area contributed by atoms with Crippen molar-refractivity contribution in [2.45, 2.75) is 12.5 Å². The zero-order chi connectivity index (χ0) is 10.8. The number of hydrogen-bond acceptors (Lipinski definition) is 6. The highest BCUT2D eigenvalue weighted by atomic mass is 32.1. The molecule has 0 unspecified atom stereocenters. The Morgan fingerprint density at radius 3 is 3.00 bits per heavy atom. The summed E-state index contributed by atoms with van der Waals surface area (Å²) in [5, 5.41) is 16.8. The number of nitrogens with two attached hydrogens (primary N) is 1. The van der Waals surface area contributed by atoms with Crippen molar-refractivity contribution in [2.75, 3.05) is 18.8 Å². The summed E-state index contributed by atoms with van der Waals surface area (Å²) in [5.74, 6) is 0. The van der Waals surface area contributed by atoms with Crippen LogP contribution in [0.4, 0.5) is 9.93 Å². The first-order valence-electron chi connectivity index (χ1n) is 4.38. The number of nitrogens with zero attached hydrogens (tertiary/aromatic N) is 3. The lowest BCUT2D eigenvalue weighted by Gasteiger charge is -2.11. The van der Waals surface area contributed by atoms with Gasteiger partial charge in [-0.15, -0.1) is 5.10 Å². The summed E-state index contributed by atoms with van der Waals surface area (Å²) in [6.45, 7) is 0.864. The molecule has 0 aliphatic carbocycles. The van der Waals surface area contributed by atoms with Gasteiger partial charge in [-0.05, 0) is 11.3 Å². The Bertz CT molecular complexity index is 369. The Labute approximate surface area is 89.5 Å². The van der Waals surface area contributed by atoms with Crippen molar-refractivity contribution in [1.82, 2.24) is 15.1 Å². The summed E-state index contributed by atoms with van der Waals surface area (Å²) in [6.07, 6.45) is -0.391. The lowest BCUT2D eigenvalue weighted by molar-refractivity contribution is 0.145. The maximum atomic E-state index is 10.6. The van der Waals surface area contributed by atoms with Crippen LogP contribution in [0.3, 0.4) is 0 Å². The second-order valence-electron chi connectivity index (χ2n) is 3.16. The fourth-order valence-corrected chi connectivity index (χ4v) is 1.94. The molecule has 0 radical (unpaired) electrons. The van der Waals surface area contributed by atoms with E-state index in [4.69, 9.17) is 15.6 Å². The summed E-state index contributed by atoms with van der Waals surface area (Å²) < 4.78 is 5.44. The Balaban J connectivity index is 1.90. The number of aromatic nitrogens is 2. The van der Waals surface area contributed by atoms with Crippen LogP contribution in [0, 0.1) is 0 Å². The molecule has 0 spiro atoms. The summed E-state index contributed by atoms with van der Waals surface area (Å²) in [7, 11) is 0. The van der Waals surface area contributed by atoms with Crippen molar-refractivity contribution in [2.24, 2.45) is 0 Å². The van der Waals surface area contributed by atoms with E-state index in [0.717, 1.165) is 11.3 Å². The summed E-state index contributed by atoms with van der Waals surface area (Å²) in [5.41, 5.74) is 5.39. The van der Waals surface area contributed by atoms with Gasteiger partial charge < -0.3 is 20.5 Å². The van der Waals surface area contributed by atoms with Crippen LogP contribution in [0.25, 0.3) is 0 Å². The number of ether oxygens (including phenoxy) is 1. The molecule has 1 atom stereocenters. The van der Waals surface area contributed by atoms with Gasteiger partial charge in [-0.25, -0.2) is 4.79 Å². The molecule has 0 saturated carbocycles. The number of anilines is 1. The highest BCUT2D eigenvalue weighted by Crippen LogP contribution is 2.23. The molecule has 15 heavy (non-hydrogen) atoms. The number of likely N-dealkylation sites (tertiary alicyclic amines) is 1. The van der Waals surface area contributed by atoms with Crippen LogP contribution in [0.2, 0.25) is 0 Å². The van der Waals surface area contributed by atoms with Crippen LogP contribution >= 0.6 is 11.3 Å². The maximum absolute atomic E-state index is 10.6. The minimum atomic E-state index is -0.919. The lowest BCUT2D eigenvalue weighted by Crippen LogP contribution is -2.29. The lowest BCUT2D eigenvalue weighted by atomic mass is 10.3. The fraction of sp³-hybridized carbons (Fsp3) is 0.571. The van der Waals surface area contributed by atoms with E-state index in [1.165, 1.54) is 4.90 Å². The van der Waals surface area contributed by atoms with Crippen LogP contribution in [-0.4, -0.2) is 45.5 Å². The van der Waals surface area contributed by atoms with E-state index in [1.54, 1.807) is 0 Å². The van der Waals surface area contributed by atoms with Crippen molar-refractivity contribution in [3.63, 3.8) is 0 Å². The topological polar surface area (TPSA) is 102 Å². The van der Waals surface area contributed by atoms with Gasteiger partial charge in [0.2, 0.25) is 5.13 Å². The predicted octanol–water partition coefficient (Wildman–Crippen LogP) is 0.251. The molecular weight excluding hydrogens is 220 g/mol. The molecule has 1 fully saturated rings. The Hall–Kier alpha value is -1.57. The Morgan fingerprint density at radius 2 is 2.47 bits per heavy atom. The van der Waals surface area contributed by atoms with Crippen molar-refractivity contribution >= 4 is 22.6 Å². The first-order valence-corrected chi connectivity index (χ1v) is 5.20. The van der Waals surface area contributed by atoms with E-state index in [1.807, 2.05) is 0 Å². The van der Waals surface area contributed by atoms with Gasteiger partial charge in [-0.1, -0.05) is 5.10 Å². The van der Waals surface area contributed by atoms with Gasteiger partial charge in [0.25, 0.3) is 5.19 Å². The molecule has 1 aliphatic heterocycles. The molecule has 1 saturated heterocycles. The minimum Gasteiger partial charge on any atom is -0.465 e. The second-order valence-corrected chi connectivity index (χ2v) is 4.13. The minimum absolute atomic E-state index is 0.145. The largest absolute Gasteiger partial charge is 0.465 e. The van der Waals surface area contributed by atoms with Crippen molar-refractivity contribution in [3.05, 3.63) is 0 Å². The Morgan fingerprint density at radius 1 is 1.67 bits per heavy atom. The van der Waals surface area contributed by atoms with E-state index in [-0.39, 0.29) is 6.10 Å². The van der Waals surface area contributed by atoms with Gasteiger partial charge in [0.05, 0.1) is 6.54 Å². The molecule has 82 valence electrons. The van der Waals surface area contributed by atoms with E-state index in [0.29, 0.717) is 29.8 Å². The fourth-order valence-electron chi connectivity index (χ4n) is 1.41. The molecule has 1 aromatic heterocycles. The predicted molar refractivity (Wildman–Crippen MR) is 53.0 cm³/mol. The molecule has 3 N–H and O–H groups in total. The zero-order valence-corrected chi connectivity index (χ0v) is 8.61. The van der Waals surface area contributed by atoms with Gasteiger partial charge in [-0.2, -0.15) is 0 Å². The van der Waals surface area contributed by atoms with Crippen LogP contribution in [0.1, 0.15) is 6.42 Å². The summed E-state index contributed by atoms with van der Waals surface area (Å²) >= 11 is 1.15. The number of hydrogen-bond donors (Lipinski definition) is 2. The number of carboxylic acid groups (broad SMARTS) is 1. The van der Waals surface area contributed by atoms with E-state index >= 15 is 0 Å². The third kappa shape index (κ3) is 2.27. The molecule has 1 aliphatic rings. The molecule has 0 aromatic carbocycles. The SMILES string of the molecule is Nc1nnc(O[C@@H]2CCN(C(=O)O)C2)s1. The Kier molecular flexibility index (Phi) is 2.58. The molecule has 0 bridgehead atoms. The molecule has 7 nitrogen and oxygen atoms in total. The van der Waals surface area contributed by atoms with Gasteiger partial charge in [0, 0.05) is 13.0 Å². The van der Waals surface area contributed by atoms with Crippen LogP contribution in [0.5, 0.6) is 5.19 Å². The van der Waals surface area contributed by atoms with Crippen LogP contribution < -0.4 is 10.5 Å². The van der Waals surface area contributed by atoms with Crippen molar-refractivity contribution in [1.29, 1.82) is 0 Å². The summed E-state index contributed by atoms with van der Waals surface area (Å²) in [6, 6.07) is 0. The third-order valence-electron chi connectivity index (χ3n) is 2.11. The number of amides is 1. The molecule has 2 rings (SSSR count). The molecule has 2 heterocycles. The first-order chi connectivity index (χ1) is 7.15. The van der Waals surface area contributed by atoms with Crippen molar-refractivity contribution in [3.8, 4) is 5.19 Å². The van der Waals surface area contributed by atoms with E-state index in [2.05, 4.69) is 10.2 Å². The van der Waals surface area contributed by atoms with E-state index in [9.17, 15) is 4.79 Å². The van der Waals surface area contributed by atoms with Crippen LogP contribution in [0.15, 0.2) is 0 Å². The maximum Gasteiger partial charge on any atom is 0.407 e. The highest BCUT2D eigenvalue weighted by Gasteiger charge is 2.27. The van der Waals surface area contributed by atoms with Crippen LogP contribution in [-0.2, 0) is 0 Å². The van der Waals surface area contributed by atoms with Crippen molar-refractivity contribution < 1.29 is 14.6 Å². The second kappa shape index (κ2) is 3.89. The average molecular weight is 230 g/mol. The standard InChI is InChI=1S/C7H10N4O3S/c8-5-9-10-6(15-5)14-4-1-2-11(3-4)7(12)13/h4H,1-3H2,(H2,8,9)(H,12,13)/t4-/m1/s1. The molecule has 8 heteroatoms. The van der Waals surface area contributed by atoms with E-state index < -0.39 is 6.09 Å². The van der Waals surface area contributed by atoms with Gasteiger partial charge in [0.1, 0.15) is 6.10 Å². The first kappa shape index (κ1) is 9.97. The van der Waals surface area contributed by atoms with Gasteiger partial charge in [0.15, 0.2) is 0 Å². The average Bonchev–Trinajstić information content (AvgIpc) is 2.76. The normalized spacial score (nSPS) is 20.5. The molecular formula is C7H10N4O3S. The van der Waals surface area contributed by atoms with Gasteiger partial charge >= 0.3 is 6.09 Å². The third-order valence-corrected chi connectivity index (χ3v) is 2.75. The smallest absolute Gasteiger partial charge is 0.407 e. The zero-order valence-electron chi connectivity index (χ0n) is 7.79. The molecule has 1 amide bonds. The quantitative estimate of drug-likeness (QED) is 0.755. The molecule has 1 aromatic rings. The van der Waals surface area contributed by atoms with Gasteiger partial charge in [-0.3, -0.25) is 0 Å². The number of carbonyl (C=O) groups is 1. The monoisotopic (exact) mass is 230 g/mol.